The van der Waals surface area contributed by atoms with Crippen LogP contribution in [0.2, 0.25) is 5.02 Å². The molecule has 0 radical (unpaired) electrons. The minimum absolute atomic E-state index is 0.0407. The summed E-state index contributed by atoms with van der Waals surface area (Å²) in [6.45, 7) is 5.86. The Balaban J connectivity index is 1.82. The van der Waals surface area contributed by atoms with E-state index in [1.54, 1.807) is 24.3 Å². The highest BCUT2D eigenvalue weighted by Crippen LogP contribution is 2.42. The maximum atomic E-state index is 13.6. The molecule has 1 aliphatic rings. The third kappa shape index (κ3) is 3.07. The lowest BCUT2D eigenvalue weighted by Gasteiger charge is -2.22. The van der Waals surface area contributed by atoms with Crippen molar-refractivity contribution in [2.45, 2.75) is 33.2 Å². The van der Waals surface area contributed by atoms with Crippen LogP contribution in [0.5, 0.6) is 0 Å². The Kier molecular flexibility index (Phi) is 4.68. The number of amides is 1. The number of aryl methyl sites for hydroxylation is 3. The third-order valence-corrected chi connectivity index (χ3v) is 6.92. The average molecular weight is 452 g/mol. The summed E-state index contributed by atoms with van der Waals surface area (Å²) in [6.07, 6.45) is 0.702. The lowest BCUT2D eigenvalue weighted by Crippen LogP contribution is -2.29. The molecule has 1 aliphatic heterocycles. The zero-order valence-corrected chi connectivity index (χ0v) is 18.7. The molecule has 1 atom stereocenters. The van der Waals surface area contributed by atoms with Crippen LogP contribution in [-0.2, 0) is 6.42 Å². The van der Waals surface area contributed by atoms with Gasteiger partial charge in [-0.3, -0.25) is 14.5 Å². The Labute approximate surface area is 187 Å². The fourth-order valence-electron chi connectivity index (χ4n) is 3.90. The number of fused-ring (bicyclic) bond motifs is 2. The van der Waals surface area contributed by atoms with E-state index in [-0.39, 0.29) is 11.2 Å². The average Bonchev–Trinajstić information content (AvgIpc) is 3.32. The molecule has 31 heavy (non-hydrogen) atoms. The predicted octanol–water partition coefficient (Wildman–Crippen LogP) is 5.23. The first-order chi connectivity index (χ1) is 14.9. The number of carbonyl (C=O) groups excluding carboxylic acids is 1. The summed E-state index contributed by atoms with van der Waals surface area (Å²) in [7, 11) is 0. The Bertz CT molecular complexity index is 1430. The minimum Gasteiger partial charge on any atom is -0.450 e. The second-order valence-corrected chi connectivity index (χ2v) is 9.05. The summed E-state index contributed by atoms with van der Waals surface area (Å²) < 4.78 is 6.03. The fraction of sp³-hybridized carbons (Fsp3) is 0.217. The number of benzene rings is 2. The van der Waals surface area contributed by atoms with Gasteiger partial charge in [-0.2, -0.15) is 0 Å². The molecular weight excluding hydrogens is 434 g/mol. The van der Waals surface area contributed by atoms with Crippen molar-refractivity contribution in [1.29, 1.82) is 0 Å². The monoisotopic (exact) mass is 451 g/mol. The first-order valence-corrected chi connectivity index (χ1v) is 11.1. The normalized spacial score (nSPS) is 15.7. The second kappa shape index (κ2) is 7.28. The number of aromatic nitrogens is 2. The Morgan fingerprint density at radius 3 is 2.61 bits per heavy atom. The maximum Gasteiger partial charge on any atom is 0.297 e. The molecule has 1 amide bonds. The third-order valence-electron chi connectivity index (χ3n) is 5.62. The summed E-state index contributed by atoms with van der Waals surface area (Å²) in [4.78, 5) is 28.6. The summed E-state index contributed by atoms with van der Waals surface area (Å²) in [5, 5.41) is 10.6. The standard InChI is InChI=1S/C23H18ClN3O3S/c1-4-17-25-26-23(31-17)27-19(13-6-5-7-14(24)10-13)18-20(28)15-8-11(2)12(3)9-16(15)30-21(18)22(27)29/h5-10,19H,4H2,1-3H3. The number of hydrogen-bond acceptors (Lipinski definition) is 6. The van der Waals surface area contributed by atoms with E-state index in [2.05, 4.69) is 10.2 Å². The van der Waals surface area contributed by atoms with Gasteiger partial charge in [0.15, 0.2) is 5.43 Å². The van der Waals surface area contributed by atoms with E-state index < -0.39 is 11.9 Å². The molecule has 0 saturated heterocycles. The van der Waals surface area contributed by atoms with Crippen LogP contribution in [0.15, 0.2) is 45.6 Å². The van der Waals surface area contributed by atoms with Crippen LogP contribution in [0.3, 0.4) is 0 Å². The molecule has 0 saturated carbocycles. The van der Waals surface area contributed by atoms with Gasteiger partial charge in [-0.25, -0.2) is 0 Å². The van der Waals surface area contributed by atoms with E-state index in [1.807, 2.05) is 32.9 Å². The van der Waals surface area contributed by atoms with Crippen molar-refractivity contribution in [2.24, 2.45) is 0 Å². The lowest BCUT2D eigenvalue weighted by atomic mass is 9.97. The van der Waals surface area contributed by atoms with E-state index in [0.717, 1.165) is 16.1 Å². The van der Waals surface area contributed by atoms with Crippen LogP contribution in [0.4, 0.5) is 5.13 Å². The van der Waals surface area contributed by atoms with Gasteiger partial charge in [0, 0.05) is 5.02 Å². The number of carbonyl (C=O) groups is 1. The Morgan fingerprint density at radius 1 is 1.13 bits per heavy atom. The van der Waals surface area contributed by atoms with Gasteiger partial charge >= 0.3 is 0 Å². The van der Waals surface area contributed by atoms with Crippen molar-refractivity contribution in [2.75, 3.05) is 4.90 Å². The lowest BCUT2D eigenvalue weighted by molar-refractivity contribution is 0.0970. The molecular formula is C23H18ClN3O3S. The van der Waals surface area contributed by atoms with Crippen molar-refractivity contribution in [3.63, 3.8) is 0 Å². The Hall–Kier alpha value is -3.03. The van der Waals surface area contributed by atoms with Gasteiger partial charge in [0.2, 0.25) is 10.9 Å². The second-order valence-electron chi connectivity index (χ2n) is 7.57. The van der Waals surface area contributed by atoms with Crippen LogP contribution < -0.4 is 10.3 Å². The minimum atomic E-state index is -0.693. The van der Waals surface area contributed by atoms with E-state index >= 15 is 0 Å². The van der Waals surface area contributed by atoms with Crippen molar-refractivity contribution in [3.05, 3.63) is 84.7 Å². The molecule has 2 aromatic carbocycles. The highest BCUT2D eigenvalue weighted by Gasteiger charge is 2.45. The molecule has 0 aliphatic carbocycles. The molecule has 0 fully saturated rings. The molecule has 0 bridgehead atoms. The summed E-state index contributed by atoms with van der Waals surface area (Å²) in [5.74, 6) is -0.366. The van der Waals surface area contributed by atoms with E-state index in [0.29, 0.717) is 38.7 Å². The molecule has 0 N–H and O–H groups in total. The van der Waals surface area contributed by atoms with Gasteiger partial charge in [-0.1, -0.05) is 42.0 Å². The van der Waals surface area contributed by atoms with Crippen LogP contribution >= 0.6 is 22.9 Å². The molecule has 0 spiro atoms. The summed E-state index contributed by atoms with van der Waals surface area (Å²) in [5.41, 5.74) is 3.16. The molecule has 156 valence electrons. The fourth-order valence-corrected chi connectivity index (χ4v) is 4.91. The first-order valence-electron chi connectivity index (χ1n) is 9.88. The Morgan fingerprint density at radius 2 is 1.90 bits per heavy atom. The van der Waals surface area contributed by atoms with Gasteiger partial charge < -0.3 is 4.42 Å². The molecule has 6 nitrogen and oxygen atoms in total. The topological polar surface area (TPSA) is 76.3 Å². The highest BCUT2D eigenvalue weighted by atomic mass is 35.5. The number of nitrogens with zero attached hydrogens (tertiary/aromatic N) is 3. The maximum absolute atomic E-state index is 13.6. The zero-order chi connectivity index (χ0) is 21.9. The van der Waals surface area contributed by atoms with E-state index in [9.17, 15) is 9.59 Å². The number of rotatable bonds is 3. The largest absolute Gasteiger partial charge is 0.450 e. The van der Waals surface area contributed by atoms with Crippen molar-refractivity contribution in [1.82, 2.24) is 10.2 Å². The smallest absolute Gasteiger partial charge is 0.297 e. The van der Waals surface area contributed by atoms with Crippen LogP contribution in [0.25, 0.3) is 11.0 Å². The van der Waals surface area contributed by atoms with E-state index in [4.69, 9.17) is 16.0 Å². The molecule has 3 heterocycles. The van der Waals surface area contributed by atoms with Gasteiger partial charge in [0.05, 0.1) is 17.0 Å². The van der Waals surface area contributed by atoms with Crippen molar-refractivity contribution >= 4 is 44.9 Å². The quantitative estimate of drug-likeness (QED) is 0.426. The molecule has 5 rings (SSSR count). The van der Waals surface area contributed by atoms with E-state index in [1.165, 1.54) is 16.2 Å². The number of hydrogen-bond donors (Lipinski definition) is 0. The van der Waals surface area contributed by atoms with Gasteiger partial charge in [0.25, 0.3) is 5.91 Å². The van der Waals surface area contributed by atoms with Crippen LogP contribution in [0.1, 0.15) is 50.8 Å². The molecule has 8 heteroatoms. The van der Waals surface area contributed by atoms with Gasteiger partial charge in [-0.15, -0.1) is 10.2 Å². The van der Waals surface area contributed by atoms with Crippen LogP contribution in [0, 0.1) is 13.8 Å². The zero-order valence-electron chi connectivity index (χ0n) is 17.1. The molecule has 4 aromatic rings. The number of anilines is 1. The van der Waals surface area contributed by atoms with Gasteiger partial charge in [-0.05, 0) is 61.2 Å². The van der Waals surface area contributed by atoms with Crippen molar-refractivity contribution < 1.29 is 9.21 Å². The number of halogens is 1. The van der Waals surface area contributed by atoms with Gasteiger partial charge in [0.1, 0.15) is 10.6 Å². The van der Waals surface area contributed by atoms with Crippen LogP contribution in [-0.4, -0.2) is 16.1 Å². The highest BCUT2D eigenvalue weighted by molar-refractivity contribution is 7.15. The first kappa shape index (κ1) is 19.9. The van der Waals surface area contributed by atoms with Crippen molar-refractivity contribution in [3.8, 4) is 0 Å². The molecule has 1 unspecified atom stereocenters. The SMILES string of the molecule is CCc1nnc(N2C(=O)c3oc4cc(C)c(C)cc4c(=O)c3C2c2cccc(Cl)c2)s1. The molecule has 2 aromatic heterocycles. The predicted molar refractivity (Wildman–Crippen MR) is 121 cm³/mol. The summed E-state index contributed by atoms with van der Waals surface area (Å²) in [6, 6.07) is 10.1. The summed E-state index contributed by atoms with van der Waals surface area (Å²) >= 11 is 7.58.